The van der Waals surface area contributed by atoms with E-state index in [4.69, 9.17) is 5.73 Å². The summed E-state index contributed by atoms with van der Waals surface area (Å²) >= 11 is 0. The van der Waals surface area contributed by atoms with Crippen LogP contribution in [-0.2, 0) is 4.79 Å². The maximum atomic E-state index is 11.2. The lowest BCUT2D eigenvalue weighted by molar-refractivity contribution is -0.121. The number of carbonyl (C=O) groups excluding carboxylic acids is 1. The molecule has 0 heterocycles. The van der Waals surface area contributed by atoms with Crippen molar-refractivity contribution in [2.75, 3.05) is 25.0 Å². The van der Waals surface area contributed by atoms with Crippen molar-refractivity contribution in [3.05, 3.63) is 30.3 Å². The zero-order valence-corrected chi connectivity index (χ0v) is 10.5. The Labute approximate surface area is 103 Å². The van der Waals surface area contributed by atoms with Crippen LogP contribution in [0.4, 0.5) is 5.69 Å². The number of hydrogen-bond acceptors (Lipinski definition) is 3. The molecule has 0 radical (unpaired) electrons. The summed E-state index contributed by atoms with van der Waals surface area (Å²) in [6.07, 6.45) is 0.907. The maximum Gasteiger partial charge on any atom is 0.236 e. The van der Waals surface area contributed by atoms with E-state index in [1.165, 1.54) is 5.69 Å². The highest BCUT2D eigenvalue weighted by atomic mass is 16.2. The third-order valence-corrected chi connectivity index (χ3v) is 2.58. The van der Waals surface area contributed by atoms with E-state index in [1.54, 1.807) is 6.92 Å². The van der Waals surface area contributed by atoms with E-state index < -0.39 is 6.04 Å². The van der Waals surface area contributed by atoms with Gasteiger partial charge in [-0.15, -0.1) is 0 Å². The summed E-state index contributed by atoms with van der Waals surface area (Å²) in [5.41, 5.74) is 6.63. The molecule has 0 spiro atoms. The first-order valence-electron chi connectivity index (χ1n) is 5.90. The maximum absolute atomic E-state index is 11.2. The second-order valence-corrected chi connectivity index (χ2v) is 4.19. The van der Waals surface area contributed by atoms with Gasteiger partial charge in [0.1, 0.15) is 0 Å². The van der Waals surface area contributed by atoms with Crippen LogP contribution in [0.5, 0.6) is 0 Å². The molecule has 1 rings (SSSR count). The minimum Gasteiger partial charge on any atom is -0.375 e. The monoisotopic (exact) mass is 235 g/mol. The van der Waals surface area contributed by atoms with Crippen LogP contribution in [-0.4, -0.2) is 32.1 Å². The van der Waals surface area contributed by atoms with Gasteiger partial charge in [-0.2, -0.15) is 0 Å². The number of hydrogen-bond donors (Lipinski definition) is 2. The van der Waals surface area contributed by atoms with Crippen LogP contribution in [0.2, 0.25) is 0 Å². The van der Waals surface area contributed by atoms with Crippen molar-refractivity contribution in [3.63, 3.8) is 0 Å². The minimum atomic E-state index is -0.429. The highest BCUT2D eigenvalue weighted by Gasteiger charge is 2.05. The molecule has 0 aliphatic rings. The van der Waals surface area contributed by atoms with Gasteiger partial charge in [-0.1, -0.05) is 18.2 Å². The Kier molecular flexibility index (Phi) is 5.49. The third kappa shape index (κ3) is 4.87. The summed E-state index contributed by atoms with van der Waals surface area (Å²) in [7, 11) is 2.04. The molecule has 17 heavy (non-hydrogen) atoms. The van der Waals surface area contributed by atoms with Gasteiger partial charge in [0.25, 0.3) is 0 Å². The topological polar surface area (TPSA) is 58.4 Å². The Balaban J connectivity index is 2.21. The molecule has 4 heteroatoms. The van der Waals surface area contributed by atoms with E-state index in [9.17, 15) is 4.79 Å². The largest absolute Gasteiger partial charge is 0.375 e. The van der Waals surface area contributed by atoms with Gasteiger partial charge in [0.2, 0.25) is 5.91 Å². The lowest BCUT2D eigenvalue weighted by atomic mass is 10.3. The van der Waals surface area contributed by atoms with Crippen molar-refractivity contribution >= 4 is 11.6 Å². The van der Waals surface area contributed by atoms with Crippen molar-refractivity contribution in [1.29, 1.82) is 0 Å². The smallest absolute Gasteiger partial charge is 0.236 e. The summed E-state index contributed by atoms with van der Waals surface area (Å²) in [6.45, 7) is 3.26. The predicted octanol–water partition coefficient (Wildman–Crippen LogP) is 0.976. The summed E-state index contributed by atoms with van der Waals surface area (Å²) in [6, 6.07) is 9.75. The molecule has 1 aromatic rings. The molecule has 0 bridgehead atoms. The first-order chi connectivity index (χ1) is 8.11. The standard InChI is InChI=1S/C13H21N3O/c1-11(14)13(17)15-9-6-10-16(2)12-7-4-3-5-8-12/h3-5,7-8,11H,6,9-10,14H2,1-2H3,(H,15,17). The van der Waals surface area contributed by atoms with Gasteiger partial charge >= 0.3 is 0 Å². The molecule has 1 aromatic carbocycles. The number of anilines is 1. The number of nitrogens with two attached hydrogens (primary N) is 1. The van der Waals surface area contributed by atoms with E-state index >= 15 is 0 Å². The molecule has 1 amide bonds. The molecule has 0 saturated heterocycles. The lowest BCUT2D eigenvalue weighted by Crippen LogP contribution is -2.39. The van der Waals surface area contributed by atoms with Crippen LogP contribution in [0.3, 0.4) is 0 Å². The fraction of sp³-hybridized carbons (Fsp3) is 0.462. The van der Waals surface area contributed by atoms with Gasteiger partial charge in [0.15, 0.2) is 0 Å². The molecule has 3 N–H and O–H groups in total. The number of amides is 1. The molecule has 0 fully saturated rings. The van der Waals surface area contributed by atoms with Crippen molar-refractivity contribution in [2.24, 2.45) is 5.73 Å². The second-order valence-electron chi connectivity index (χ2n) is 4.19. The predicted molar refractivity (Wildman–Crippen MR) is 71.0 cm³/mol. The number of carbonyl (C=O) groups is 1. The van der Waals surface area contributed by atoms with Crippen LogP contribution in [0.15, 0.2) is 30.3 Å². The molecular weight excluding hydrogens is 214 g/mol. The molecular formula is C13H21N3O. The number of nitrogens with zero attached hydrogens (tertiary/aromatic N) is 1. The van der Waals surface area contributed by atoms with E-state index in [-0.39, 0.29) is 5.91 Å². The van der Waals surface area contributed by atoms with E-state index in [0.717, 1.165) is 13.0 Å². The third-order valence-electron chi connectivity index (χ3n) is 2.58. The quantitative estimate of drug-likeness (QED) is 0.723. The molecule has 1 atom stereocenters. The molecule has 1 unspecified atom stereocenters. The first kappa shape index (κ1) is 13.5. The van der Waals surface area contributed by atoms with Gasteiger partial charge in [0.05, 0.1) is 6.04 Å². The highest BCUT2D eigenvalue weighted by molar-refractivity contribution is 5.80. The van der Waals surface area contributed by atoms with E-state index in [1.807, 2.05) is 25.2 Å². The van der Waals surface area contributed by atoms with Crippen LogP contribution >= 0.6 is 0 Å². The van der Waals surface area contributed by atoms with Crippen LogP contribution in [0.1, 0.15) is 13.3 Å². The lowest BCUT2D eigenvalue weighted by Gasteiger charge is -2.19. The van der Waals surface area contributed by atoms with Crippen LogP contribution in [0.25, 0.3) is 0 Å². The Bertz CT molecular complexity index is 338. The van der Waals surface area contributed by atoms with E-state index in [2.05, 4.69) is 22.3 Å². The average molecular weight is 235 g/mol. The summed E-state index contributed by atoms with van der Waals surface area (Å²) in [5, 5.41) is 2.80. The number of benzene rings is 1. The minimum absolute atomic E-state index is 0.0904. The van der Waals surface area contributed by atoms with Crippen molar-refractivity contribution in [1.82, 2.24) is 5.32 Å². The number of rotatable bonds is 6. The van der Waals surface area contributed by atoms with Crippen LogP contribution < -0.4 is 16.0 Å². The van der Waals surface area contributed by atoms with Crippen molar-refractivity contribution in [2.45, 2.75) is 19.4 Å². The summed E-state index contributed by atoms with van der Waals surface area (Å²) < 4.78 is 0. The highest BCUT2D eigenvalue weighted by Crippen LogP contribution is 2.10. The molecule has 4 nitrogen and oxygen atoms in total. The average Bonchev–Trinajstić information content (AvgIpc) is 2.35. The normalized spacial score (nSPS) is 11.9. The Morgan fingerprint density at radius 1 is 1.41 bits per heavy atom. The fourth-order valence-corrected chi connectivity index (χ4v) is 1.50. The van der Waals surface area contributed by atoms with Gasteiger partial charge in [-0.3, -0.25) is 4.79 Å². The summed E-state index contributed by atoms with van der Waals surface area (Å²) in [5.74, 6) is -0.0904. The zero-order valence-electron chi connectivity index (χ0n) is 10.5. The Morgan fingerprint density at radius 3 is 2.65 bits per heavy atom. The van der Waals surface area contributed by atoms with Crippen molar-refractivity contribution in [3.8, 4) is 0 Å². The molecule has 0 aliphatic carbocycles. The molecule has 0 aliphatic heterocycles. The Morgan fingerprint density at radius 2 is 2.06 bits per heavy atom. The first-order valence-corrected chi connectivity index (χ1v) is 5.90. The van der Waals surface area contributed by atoms with Crippen molar-refractivity contribution < 1.29 is 4.79 Å². The number of nitrogens with one attached hydrogen (secondary N) is 1. The fourth-order valence-electron chi connectivity index (χ4n) is 1.50. The summed E-state index contributed by atoms with van der Waals surface area (Å²) in [4.78, 5) is 13.4. The van der Waals surface area contributed by atoms with Gasteiger partial charge in [-0.05, 0) is 25.5 Å². The molecule has 94 valence electrons. The van der Waals surface area contributed by atoms with Gasteiger partial charge < -0.3 is 16.0 Å². The van der Waals surface area contributed by atoms with Gasteiger partial charge in [-0.25, -0.2) is 0 Å². The second kappa shape index (κ2) is 6.91. The zero-order chi connectivity index (χ0) is 12.7. The Hall–Kier alpha value is -1.55. The molecule has 0 saturated carbocycles. The van der Waals surface area contributed by atoms with E-state index in [0.29, 0.717) is 6.54 Å². The van der Waals surface area contributed by atoms with Crippen LogP contribution in [0, 0.1) is 0 Å². The molecule has 0 aromatic heterocycles. The number of para-hydroxylation sites is 1. The van der Waals surface area contributed by atoms with Gasteiger partial charge in [0, 0.05) is 25.8 Å². The SMILES string of the molecule is CC(N)C(=O)NCCCN(C)c1ccccc1.